The molecule has 3 rings (SSSR count). The van der Waals surface area contributed by atoms with E-state index in [1.807, 2.05) is 53.1 Å². The minimum Gasteiger partial charge on any atom is -0.467 e. The molecule has 0 aliphatic heterocycles. The van der Waals surface area contributed by atoms with Gasteiger partial charge in [0.05, 0.1) is 13.7 Å². The normalized spacial score (nSPS) is 10.9. The molecule has 0 saturated carbocycles. The largest absolute Gasteiger partial charge is 0.467 e. The van der Waals surface area contributed by atoms with Gasteiger partial charge < -0.3 is 4.74 Å². The first kappa shape index (κ1) is 15.4. The summed E-state index contributed by atoms with van der Waals surface area (Å²) in [5.74, 6) is 0.138. The molecule has 3 aromatic rings. The zero-order valence-electron chi connectivity index (χ0n) is 12.7. The van der Waals surface area contributed by atoms with Gasteiger partial charge in [0.15, 0.2) is 6.54 Å². The highest BCUT2D eigenvalue weighted by Gasteiger charge is 2.23. The monoisotopic (exact) mass is 330 g/mol. The van der Waals surface area contributed by atoms with E-state index in [0.717, 1.165) is 16.6 Å². The van der Waals surface area contributed by atoms with Crippen LogP contribution in [0.2, 0.25) is 5.02 Å². The lowest BCUT2D eigenvalue weighted by molar-refractivity contribution is -0.648. The average molecular weight is 331 g/mol. The zero-order valence-corrected chi connectivity index (χ0v) is 13.5. The lowest BCUT2D eigenvalue weighted by Gasteiger charge is -2.04. The molecular weight excluding hydrogens is 314 g/mol. The van der Waals surface area contributed by atoms with Crippen molar-refractivity contribution in [3.8, 4) is 0 Å². The fourth-order valence-corrected chi connectivity index (χ4v) is 2.83. The molecule has 23 heavy (non-hydrogen) atoms. The van der Waals surface area contributed by atoms with E-state index in [0.29, 0.717) is 17.5 Å². The number of nitrogens with zero attached hydrogens (tertiary/aromatic N) is 2. The summed E-state index contributed by atoms with van der Waals surface area (Å²) in [7, 11) is 1.36. The van der Waals surface area contributed by atoms with Gasteiger partial charge in [-0.25, -0.2) is 13.9 Å². The molecule has 0 unspecified atom stereocenters. The summed E-state index contributed by atoms with van der Waals surface area (Å²) in [5, 5.41) is 0.684. The summed E-state index contributed by atoms with van der Waals surface area (Å²) in [5.41, 5.74) is 9.07. The maximum absolute atomic E-state index is 11.7. The first-order valence-corrected chi connectivity index (χ1v) is 7.56. The van der Waals surface area contributed by atoms with Crippen molar-refractivity contribution in [1.82, 2.24) is 4.57 Å². The highest BCUT2D eigenvalue weighted by molar-refractivity contribution is 6.31. The van der Waals surface area contributed by atoms with Crippen molar-refractivity contribution in [1.29, 1.82) is 0 Å². The number of aromatic nitrogens is 2. The molecule has 0 aliphatic rings. The van der Waals surface area contributed by atoms with E-state index in [-0.39, 0.29) is 12.5 Å². The molecule has 0 saturated heterocycles. The van der Waals surface area contributed by atoms with Gasteiger partial charge in [-0.2, -0.15) is 0 Å². The number of ether oxygens (including phenoxy) is 1. The Hall–Kier alpha value is -2.53. The van der Waals surface area contributed by atoms with Crippen LogP contribution in [0.25, 0.3) is 11.0 Å². The van der Waals surface area contributed by atoms with Gasteiger partial charge in [0.2, 0.25) is 0 Å². The number of anilines is 1. The van der Waals surface area contributed by atoms with E-state index in [4.69, 9.17) is 22.1 Å². The van der Waals surface area contributed by atoms with Gasteiger partial charge in [-0.15, -0.1) is 0 Å². The molecule has 6 heteroatoms. The quantitative estimate of drug-likeness (QED) is 0.590. The van der Waals surface area contributed by atoms with Crippen LogP contribution in [0.5, 0.6) is 0 Å². The van der Waals surface area contributed by atoms with E-state index in [1.54, 1.807) is 4.57 Å². The number of imidazole rings is 1. The molecule has 0 spiro atoms. The van der Waals surface area contributed by atoms with E-state index >= 15 is 0 Å². The number of nitrogens with two attached hydrogens (primary N) is 1. The third kappa shape index (κ3) is 2.87. The first-order chi connectivity index (χ1) is 11.1. The maximum Gasteiger partial charge on any atom is 0.356 e. The molecule has 1 aromatic heterocycles. The maximum atomic E-state index is 11.7. The number of carbonyl (C=O) groups excluding carboxylic acids is 1. The molecule has 0 amide bonds. The Balaban J connectivity index is 2.12. The van der Waals surface area contributed by atoms with E-state index in [9.17, 15) is 4.79 Å². The average Bonchev–Trinajstić information content (AvgIpc) is 2.82. The van der Waals surface area contributed by atoms with Gasteiger partial charge in [-0.1, -0.05) is 41.9 Å². The topological polar surface area (TPSA) is 61.1 Å². The number of carbonyl (C=O) groups is 1. The Morgan fingerprint density at radius 3 is 2.65 bits per heavy atom. The molecule has 118 valence electrons. The summed E-state index contributed by atoms with van der Waals surface area (Å²) in [4.78, 5) is 11.7. The van der Waals surface area contributed by atoms with Crippen molar-refractivity contribution in [2.75, 3.05) is 12.8 Å². The van der Waals surface area contributed by atoms with Crippen LogP contribution in [0.15, 0.2) is 48.5 Å². The number of para-hydroxylation sites is 2. The smallest absolute Gasteiger partial charge is 0.356 e. The van der Waals surface area contributed by atoms with E-state index < -0.39 is 0 Å². The molecule has 0 radical (unpaired) electrons. The van der Waals surface area contributed by atoms with E-state index in [2.05, 4.69) is 0 Å². The Labute approximate surface area is 138 Å². The summed E-state index contributed by atoms with van der Waals surface area (Å²) in [6.45, 7) is 0.596. The van der Waals surface area contributed by atoms with Crippen molar-refractivity contribution >= 4 is 34.6 Å². The predicted molar refractivity (Wildman–Crippen MR) is 89.1 cm³/mol. The molecule has 0 fully saturated rings. The third-order valence-corrected chi connectivity index (χ3v) is 4.19. The molecule has 0 atom stereocenters. The lowest BCUT2D eigenvalue weighted by Crippen LogP contribution is -2.37. The number of benzene rings is 2. The third-order valence-electron chi connectivity index (χ3n) is 3.82. The number of halogens is 1. The summed E-state index contributed by atoms with van der Waals surface area (Å²) < 4.78 is 8.45. The Bertz CT molecular complexity index is 873. The van der Waals surface area contributed by atoms with Crippen LogP contribution < -0.4 is 10.3 Å². The van der Waals surface area contributed by atoms with E-state index in [1.165, 1.54) is 7.11 Å². The molecule has 0 bridgehead atoms. The van der Waals surface area contributed by atoms with Crippen LogP contribution in [0, 0.1) is 0 Å². The second-order valence-corrected chi connectivity index (χ2v) is 5.59. The van der Waals surface area contributed by atoms with Gasteiger partial charge in [0.1, 0.15) is 11.0 Å². The fraction of sp³-hybridized carbons (Fsp3) is 0.176. The van der Waals surface area contributed by atoms with Crippen molar-refractivity contribution in [3.05, 3.63) is 59.1 Å². The zero-order chi connectivity index (χ0) is 16.4. The number of esters is 1. The number of hydrogen-bond donors (Lipinski definition) is 1. The molecular formula is C17H17ClN3O2+. The second-order valence-electron chi connectivity index (χ2n) is 5.19. The number of rotatable bonds is 4. The molecule has 2 N–H and O–H groups in total. The first-order valence-electron chi connectivity index (χ1n) is 7.18. The molecule has 2 aromatic carbocycles. The lowest BCUT2D eigenvalue weighted by atomic mass is 10.2. The van der Waals surface area contributed by atoms with Crippen LogP contribution >= 0.6 is 11.6 Å². The highest BCUT2D eigenvalue weighted by atomic mass is 35.5. The summed E-state index contributed by atoms with van der Waals surface area (Å²) in [6, 6.07) is 15.4. The standard InChI is InChI=1S/C17H16ClN3O2/c1-23-16(22)11-21-15-9-5-4-8-14(15)20(17(21)19)10-12-6-2-3-7-13(12)18/h2-9,19H,10-11H2,1H3/p+1. The minimum absolute atomic E-state index is 0.0678. The van der Waals surface area contributed by atoms with Crippen LogP contribution in [0.1, 0.15) is 5.56 Å². The van der Waals surface area contributed by atoms with Crippen LogP contribution in [-0.4, -0.2) is 17.6 Å². The van der Waals surface area contributed by atoms with Crippen molar-refractivity contribution in [3.63, 3.8) is 0 Å². The van der Waals surface area contributed by atoms with Crippen LogP contribution in [0.3, 0.4) is 0 Å². The molecule has 1 heterocycles. The van der Waals surface area contributed by atoms with Gasteiger partial charge in [0.25, 0.3) is 0 Å². The second kappa shape index (κ2) is 6.30. The summed E-state index contributed by atoms with van der Waals surface area (Å²) >= 11 is 6.26. The van der Waals surface area contributed by atoms with Gasteiger partial charge in [0, 0.05) is 10.6 Å². The van der Waals surface area contributed by atoms with Crippen LogP contribution in [-0.2, 0) is 22.6 Å². The van der Waals surface area contributed by atoms with Crippen molar-refractivity contribution < 1.29 is 14.1 Å². The van der Waals surface area contributed by atoms with Gasteiger partial charge in [-0.05, 0) is 18.2 Å². The number of fused-ring (bicyclic) bond motifs is 1. The predicted octanol–water partition coefficient (Wildman–Crippen LogP) is 2.39. The minimum atomic E-state index is -0.345. The van der Waals surface area contributed by atoms with Crippen molar-refractivity contribution in [2.45, 2.75) is 13.1 Å². The number of methoxy groups -OCH3 is 1. The number of nitrogen functional groups attached to an aromatic ring is 1. The van der Waals surface area contributed by atoms with Crippen molar-refractivity contribution in [2.24, 2.45) is 0 Å². The van der Waals surface area contributed by atoms with Gasteiger partial charge >= 0.3 is 11.9 Å². The SMILES string of the molecule is COC(=O)Cn1c(N)[n+](Cc2ccccc2Cl)c2ccccc21. The number of hydrogen-bond acceptors (Lipinski definition) is 3. The molecule has 0 aliphatic carbocycles. The Kier molecular flexibility index (Phi) is 4.21. The Morgan fingerprint density at radius 2 is 1.91 bits per heavy atom. The fourth-order valence-electron chi connectivity index (χ4n) is 2.64. The van der Waals surface area contributed by atoms with Gasteiger partial charge in [-0.3, -0.25) is 5.73 Å². The highest BCUT2D eigenvalue weighted by Crippen LogP contribution is 2.19. The van der Waals surface area contributed by atoms with Crippen LogP contribution in [0.4, 0.5) is 5.95 Å². The molecule has 5 nitrogen and oxygen atoms in total. The summed E-state index contributed by atoms with van der Waals surface area (Å²) in [6.07, 6.45) is 0. The Morgan fingerprint density at radius 1 is 1.22 bits per heavy atom.